The number of hydrogen-bond donors (Lipinski definition) is 0. The summed E-state index contributed by atoms with van der Waals surface area (Å²) < 4.78 is 90.3. The van der Waals surface area contributed by atoms with Gasteiger partial charge in [-0.25, -0.2) is 4.98 Å². The molecule has 5 rings (SSSR count). The molecule has 1 amide bonds. The summed E-state index contributed by atoms with van der Waals surface area (Å²) >= 11 is 1.23. The van der Waals surface area contributed by atoms with E-state index in [9.17, 15) is 31.1 Å². The highest BCUT2D eigenvalue weighted by molar-refractivity contribution is 8.18. The summed E-state index contributed by atoms with van der Waals surface area (Å²) in [7, 11) is 1.33. The van der Waals surface area contributed by atoms with Gasteiger partial charge in [0.2, 0.25) is 0 Å². The summed E-state index contributed by atoms with van der Waals surface area (Å²) in [5, 5.41) is 0.582. The Bertz CT molecular complexity index is 1550. The first-order chi connectivity index (χ1) is 20.4. The van der Waals surface area contributed by atoms with Crippen LogP contribution in [0.4, 0.5) is 32.2 Å². The fourth-order valence-corrected chi connectivity index (χ4v) is 5.42. The maximum atomic E-state index is 13.5. The first-order valence-corrected chi connectivity index (χ1v) is 13.6. The van der Waals surface area contributed by atoms with E-state index in [1.807, 2.05) is 4.90 Å². The van der Waals surface area contributed by atoms with Crippen LogP contribution in [-0.2, 0) is 23.8 Å². The van der Waals surface area contributed by atoms with Crippen LogP contribution in [0.2, 0.25) is 0 Å². The van der Waals surface area contributed by atoms with Crippen LogP contribution in [0.3, 0.4) is 0 Å². The molecular formula is C28H23F6N5O3S. The van der Waals surface area contributed by atoms with E-state index in [-0.39, 0.29) is 17.6 Å². The third-order valence-corrected chi connectivity index (χ3v) is 7.69. The number of methoxy groups -OCH3 is 1. The van der Waals surface area contributed by atoms with Gasteiger partial charge in [-0.15, -0.1) is 0 Å². The van der Waals surface area contributed by atoms with Gasteiger partial charge in [0.15, 0.2) is 16.7 Å². The van der Waals surface area contributed by atoms with Gasteiger partial charge in [0, 0.05) is 44.1 Å². The molecule has 8 nitrogen and oxygen atoms in total. The second-order valence-corrected chi connectivity index (χ2v) is 10.4. The van der Waals surface area contributed by atoms with Crippen LogP contribution in [0.5, 0.6) is 11.5 Å². The lowest BCUT2D eigenvalue weighted by molar-refractivity contribution is -0.143. The number of piperazine rings is 1. The summed E-state index contributed by atoms with van der Waals surface area (Å²) in [6.45, 7) is 1.98. The second kappa shape index (κ2) is 12.1. The molecule has 43 heavy (non-hydrogen) atoms. The van der Waals surface area contributed by atoms with Gasteiger partial charge in [-0.3, -0.25) is 9.78 Å². The summed E-state index contributed by atoms with van der Waals surface area (Å²) in [6, 6.07) is 5.94. The predicted molar refractivity (Wildman–Crippen MR) is 148 cm³/mol. The van der Waals surface area contributed by atoms with Crippen molar-refractivity contribution in [1.29, 1.82) is 0 Å². The van der Waals surface area contributed by atoms with Crippen molar-refractivity contribution in [3.8, 4) is 11.5 Å². The Morgan fingerprint density at radius 1 is 0.930 bits per heavy atom. The number of hydrogen-bond acceptors (Lipinski definition) is 8. The first kappa shape index (κ1) is 30.2. The molecule has 3 heterocycles. The number of carbonyl (C=O) groups excluding carboxylic acids is 1. The molecule has 1 saturated heterocycles. The van der Waals surface area contributed by atoms with Crippen LogP contribution >= 0.6 is 11.8 Å². The molecule has 0 aliphatic carbocycles. The zero-order chi connectivity index (χ0) is 30.8. The number of amides is 1. The molecule has 0 atom stereocenters. The van der Waals surface area contributed by atoms with Gasteiger partial charge in [0.1, 0.15) is 12.4 Å². The van der Waals surface area contributed by atoms with E-state index in [1.54, 1.807) is 30.7 Å². The highest BCUT2D eigenvalue weighted by atomic mass is 32.2. The number of ether oxygens (including phenoxy) is 2. The molecule has 1 aromatic heterocycles. The maximum absolute atomic E-state index is 13.5. The van der Waals surface area contributed by atoms with Gasteiger partial charge in [0.05, 0.1) is 29.3 Å². The summed E-state index contributed by atoms with van der Waals surface area (Å²) in [4.78, 5) is 29.7. The van der Waals surface area contributed by atoms with E-state index >= 15 is 0 Å². The van der Waals surface area contributed by atoms with Crippen molar-refractivity contribution in [2.24, 2.45) is 4.99 Å². The minimum absolute atomic E-state index is 0.0652. The quantitative estimate of drug-likeness (QED) is 0.248. The molecule has 2 aliphatic heterocycles. The fourth-order valence-electron chi connectivity index (χ4n) is 4.46. The number of halogens is 6. The number of aromatic nitrogens is 2. The number of amidine groups is 1. The fraction of sp³-hybridized carbons (Fsp3) is 0.286. The molecular weight excluding hydrogens is 600 g/mol. The Morgan fingerprint density at radius 2 is 1.67 bits per heavy atom. The van der Waals surface area contributed by atoms with Crippen molar-refractivity contribution >= 4 is 34.7 Å². The highest BCUT2D eigenvalue weighted by Crippen LogP contribution is 2.39. The van der Waals surface area contributed by atoms with Crippen molar-refractivity contribution in [3.63, 3.8) is 0 Å². The number of rotatable bonds is 6. The number of thioether (sulfide) groups is 1. The number of alkyl halides is 6. The lowest BCUT2D eigenvalue weighted by atomic mass is 10.0. The minimum Gasteiger partial charge on any atom is -0.493 e. The van der Waals surface area contributed by atoms with E-state index in [0.717, 1.165) is 11.9 Å². The van der Waals surface area contributed by atoms with Crippen molar-refractivity contribution < 1.29 is 40.6 Å². The van der Waals surface area contributed by atoms with E-state index in [0.29, 0.717) is 47.9 Å². The molecule has 2 aliphatic rings. The number of aliphatic imine (C=N–C) groups is 1. The smallest absolute Gasteiger partial charge is 0.416 e. The van der Waals surface area contributed by atoms with Crippen LogP contribution in [0.1, 0.15) is 22.3 Å². The van der Waals surface area contributed by atoms with Crippen molar-refractivity contribution in [2.75, 3.05) is 38.2 Å². The zero-order valence-corrected chi connectivity index (χ0v) is 23.3. The Balaban J connectivity index is 1.25. The molecule has 3 aromatic rings. The van der Waals surface area contributed by atoms with Gasteiger partial charge in [-0.2, -0.15) is 31.3 Å². The molecule has 226 valence electrons. The molecule has 1 fully saturated rings. The van der Waals surface area contributed by atoms with Crippen molar-refractivity contribution in [1.82, 2.24) is 14.9 Å². The van der Waals surface area contributed by atoms with E-state index in [2.05, 4.69) is 19.9 Å². The molecule has 0 N–H and O–H groups in total. The number of benzene rings is 2. The number of nitrogens with zero attached hydrogens (tertiary/aromatic N) is 5. The average molecular weight is 624 g/mol. The van der Waals surface area contributed by atoms with Gasteiger partial charge in [0.25, 0.3) is 5.91 Å². The standard InChI is InChI=1S/C28H23F6N5O3S/c1-41-22-12-17(2-5-21(22)42-16-18-3-4-19(27(29,30)31)14-20(18)28(32,33)34)13-23-25(40)37-26(43-23)39-10-8-38(9-11-39)24-15-35-6-7-36-24/h2-7,12-15H,8-11,16H2,1H3. The van der Waals surface area contributed by atoms with Crippen molar-refractivity contribution in [2.45, 2.75) is 19.0 Å². The monoisotopic (exact) mass is 623 g/mol. The number of carbonyl (C=O) groups is 1. The van der Waals surface area contributed by atoms with E-state index in [4.69, 9.17) is 9.47 Å². The molecule has 0 radical (unpaired) electrons. The Morgan fingerprint density at radius 3 is 2.33 bits per heavy atom. The maximum Gasteiger partial charge on any atom is 0.416 e. The molecule has 2 aromatic carbocycles. The van der Waals surface area contributed by atoms with Gasteiger partial charge in [-0.05, 0) is 47.7 Å². The molecule has 0 bridgehead atoms. The third kappa shape index (κ3) is 7.04. The number of anilines is 1. The molecule has 0 spiro atoms. The predicted octanol–water partition coefficient (Wildman–Crippen LogP) is 5.89. The Labute approximate surface area is 246 Å². The first-order valence-electron chi connectivity index (χ1n) is 12.8. The Hall–Kier alpha value is -4.27. The van der Waals surface area contributed by atoms with Crippen LogP contribution < -0.4 is 14.4 Å². The second-order valence-electron chi connectivity index (χ2n) is 9.41. The van der Waals surface area contributed by atoms with Crippen LogP contribution in [0.15, 0.2) is 64.9 Å². The minimum atomic E-state index is -5.02. The normalized spacial score (nSPS) is 17.0. The van der Waals surface area contributed by atoms with Crippen LogP contribution in [0, 0.1) is 0 Å². The lowest BCUT2D eigenvalue weighted by Crippen LogP contribution is -2.48. The third-order valence-electron chi connectivity index (χ3n) is 6.64. The lowest BCUT2D eigenvalue weighted by Gasteiger charge is -2.35. The summed E-state index contributed by atoms with van der Waals surface area (Å²) in [6.07, 6.45) is -3.40. The van der Waals surface area contributed by atoms with Gasteiger partial charge in [-0.1, -0.05) is 12.1 Å². The highest BCUT2D eigenvalue weighted by Gasteiger charge is 2.38. The van der Waals surface area contributed by atoms with E-state index in [1.165, 1.54) is 31.0 Å². The Kier molecular flexibility index (Phi) is 8.53. The summed E-state index contributed by atoms with van der Waals surface area (Å²) in [5.41, 5.74) is -2.77. The summed E-state index contributed by atoms with van der Waals surface area (Å²) in [5.74, 6) is 0.603. The van der Waals surface area contributed by atoms with Crippen molar-refractivity contribution in [3.05, 3.63) is 82.1 Å². The zero-order valence-electron chi connectivity index (χ0n) is 22.4. The van der Waals surface area contributed by atoms with Crippen LogP contribution in [-0.4, -0.2) is 59.2 Å². The molecule has 15 heteroatoms. The topological polar surface area (TPSA) is 80.2 Å². The van der Waals surface area contributed by atoms with E-state index < -0.39 is 41.6 Å². The van der Waals surface area contributed by atoms with Gasteiger partial charge >= 0.3 is 12.4 Å². The molecule has 0 saturated carbocycles. The molecule has 0 unspecified atom stereocenters. The SMILES string of the molecule is COc1cc(C=C2SC(N3CCN(c4cnccn4)CC3)=NC2=O)ccc1OCc1ccc(C(F)(F)F)cc1C(F)(F)F. The van der Waals surface area contributed by atoms with Crippen LogP contribution in [0.25, 0.3) is 6.08 Å². The largest absolute Gasteiger partial charge is 0.493 e. The average Bonchev–Trinajstić information content (AvgIpc) is 3.35. The van der Waals surface area contributed by atoms with Gasteiger partial charge < -0.3 is 19.3 Å².